The first-order valence-corrected chi connectivity index (χ1v) is 5.50. The highest BCUT2D eigenvalue weighted by Crippen LogP contribution is 2.02. The van der Waals surface area contributed by atoms with Gasteiger partial charge in [-0.1, -0.05) is 36.4 Å². The van der Waals surface area contributed by atoms with Crippen LogP contribution in [0.4, 0.5) is 0 Å². The van der Waals surface area contributed by atoms with Gasteiger partial charge in [0.05, 0.1) is 6.61 Å². The summed E-state index contributed by atoms with van der Waals surface area (Å²) in [7, 11) is 0. The highest BCUT2D eigenvalue weighted by atomic mass is 16.4. The van der Waals surface area contributed by atoms with Crippen LogP contribution in [0.25, 0.3) is 0 Å². The average Bonchev–Trinajstić information content (AvgIpc) is 2.34. The maximum atomic E-state index is 10.2. The van der Waals surface area contributed by atoms with Gasteiger partial charge in [0.25, 0.3) is 0 Å². The normalized spacial score (nSPS) is 12.8. The first-order valence-electron chi connectivity index (χ1n) is 5.50. The van der Waals surface area contributed by atoms with E-state index >= 15 is 0 Å². The monoisotopic (exact) mass is 235 g/mol. The van der Waals surface area contributed by atoms with Gasteiger partial charge in [-0.2, -0.15) is 0 Å². The molecule has 0 fully saturated rings. The zero-order valence-electron chi connectivity index (χ0n) is 9.54. The molecular formula is C13H17NO3. The number of hydrogen-bond acceptors (Lipinski definition) is 3. The minimum atomic E-state index is -0.963. The summed E-state index contributed by atoms with van der Waals surface area (Å²) in [6.45, 7) is 0.458. The second-order valence-electron chi connectivity index (χ2n) is 3.72. The molecule has 0 aliphatic heterocycles. The Kier molecular flexibility index (Phi) is 5.99. The van der Waals surface area contributed by atoms with Crippen molar-refractivity contribution in [2.45, 2.75) is 12.5 Å². The Bertz CT molecular complexity index is 362. The molecule has 3 N–H and O–H groups in total. The molecular weight excluding hydrogens is 218 g/mol. The van der Waals surface area contributed by atoms with Crippen LogP contribution in [-0.2, 0) is 11.2 Å². The fourth-order valence-corrected chi connectivity index (χ4v) is 1.49. The van der Waals surface area contributed by atoms with Crippen LogP contribution >= 0.6 is 0 Å². The van der Waals surface area contributed by atoms with Gasteiger partial charge < -0.3 is 15.5 Å². The van der Waals surface area contributed by atoms with Crippen molar-refractivity contribution in [2.24, 2.45) is 0 Å². The molecule has 1 rings (SSSR count). The summed E-state index contributed by atoms with van der Waals surface area (Å²) in [5.41, 5.74) is 1.14. The molecule has 1 aromatic rings. The van der Waals surface area contributed by atoms with E-state index in [1.807, 2.05) is 30.3 Å². The van der Waals surface area contributed by atoms with Crippen LogP contribution < -0.4 is 5.32 Å². The number of aliphatic hydroxyl groups is 1. The van der Waals surface area contributed by atoms with Gasteiger partial charge >= 0.3 is 5.97 Å². The van der Waals surface area contributed by atoms with Gasteiger partial charge in [-0.25, -0.2) is 4.79 Å². The average molecular weight is 235 g/mol. The van der Waals surface area contributed by atoms with Gasteiger partial charge in [-0.15, -0.1) is 0 Å². The number of aliphatic hydroxyl groups excluding tert-OH is 1. The lowest BCUT2D eigenvalue weighted by atomic mass is 10.1. The third-order valence-electron chi connectivity index (χ3n) is 2.33. The summed E-state index contributed by atoms with van der Waals surface area (Å²) < 4.78 is 0. The highest BCUT2D eigenvalue weighted by Gasteiger charge is 2.06. The lowest BCUT2D eigenvalue weighted by Gasteiger charge is -2.14. The van der Waals surface area contributed by atoms with Crippen molar-refractivity contribution in [1.29, 1.82) is 0 Å². The molecule has 0 saturated carbocycles. The van der Waals surface area contributed by atoms with Crippen molar-refractivity contribution in [3.05, 3.63) is 48.0 Å². The Labute approximate surface area is 101 Å². The molecule has 0 saturated heterocycles. The topological polar surface area (TPSA) is 69.6 Å². The standard InChI is InChI=1S/C13H17NO3/c15-10-12(14-8-4-7-13(16)17)9-11-5-2-1-3-6-11/h1-7,12,14-15H,8-10H2,(H,16,17)/b7-4+. The van der Waals surface area contributed by atoms with E-state index < -0.39 is 5.97 Å². The van der Waals surface area contributed by atoms with Crippen molar-refractivity contribution >= 4 is 5.97 Å². The summed E-state index contributed by atoms with van der Waals surface area (Å²) in [6, 6.07) is 9.79. The lowest BCUT2D eigenvalue weighted by molar-refractivity contribution is -0.131. The van der Waals surface area contributed by atoms with Gasteiger partial charge in [0, 0.05) is 18.7 Å². The molecule has 4 nitrogen and oxygen atoms in total. The predicted octanol–water partition coefficient (Wildman–Crippen LogP) is 0.820. The second-order valence-corrected chi connectivity index (χ2v) is 3.72. The quantitative estimate of drug-likeness (QED) is 0.612. The Balaban J connectivity index is 2.36. The van der Waals surface area contributed by atoms with Gasteiger partial charge in [0.1, 0.15) is 0 Å². The second kappa shape index (κ2) is 7.60. The van der Waals surface area contributed by atoms with Crippen molar-refractivity contribution < 1.29 is 15.0 Å². The number of carbonyl (C=O) groups is 1. The van der Waals surface area contributed by atoms with E-state index in [0.717, 1.165) is 18.1 Å². The Morgan fingerprint density at radius 3 is 2.65 bits per heavy atom. The van der Waals surface area contributed by atoms with Gasteiger partial charge in [0.2, 0.25) is 0 Å². The number of aliphatic carboxylic acids is 1. The molecule has 1 atom stereocenters. The van der Waals surface area contributed by atoms with Crippen molar-refractivity contribution in [3.8, 4) is 0 Å². The molecule has 0 radical (unpaired) electrons. The molecule has 0 spiro atoms. The van der Waals surface area contributed by atoms with E-state index in [9.17, 15) is 9.90 Å². The fourth-order valence-electron chi connectivity index (χ4n) is 1.49. The molecule has 0 bridgehead atoms. The summed E-state index contributed by atoms with van der Waals surface area (Å²) >= 11 is 0. The first kappa shape index (κ1) is 13.4. The van der Waals surface area contributed by atoms with Gasteiger partial charge in [-0.05, 0) is 12.0 Å². The number of carboxylic acids is 1. The van der Waals surface area contributed by atoms with Crippen molar-refractivity contribution in [3.63, 3.8) is 0 Å². The largest absolute Gasteiger partial charge is 0.478 e. The van der Waals surface area contributed by atoms with Crippen LogP contribution in [0, 0.1) is 0 Å². The summed E-state index contributed by atoms with van der Waals surface area (Å²) in [4.78, 5) is 10.2. The minimum absolute atomic E-state index is 0.0236. The summed E-state index contributed by atoms with van der Waals surface area (Å²) in [5, 5.41) is 20.7. The van der Waals surface area contributed by atoms with E-state index in [2.05, 4.69) is 5.32 Å². The summed E-state index contributed by atoms with van der Waals surface area (Å²) in [6.07, 6.45) is 3.33. The molecule has 4 heteroatoms. The summed E-state index contributed by atoms with van der Waals surface area (Å²) in [5.74, 6) is -0.963. The first-order chi connectivity index (χ1) is 8.22. The van der Waals surface area contributed by atoms with Gasteiger partial charge in [-0.3, -0.25) is 0 Å². The third kappa shape index (κ3) is 5.85. The van der Waals surface area contributed by atoms with E-state index in [1.54, 1.807) is 0 Å². The van der Waals surface area contributed by atoms with Crippen LogP contribution in [0.3, 0.4) is 0 Å². The number of hydrogen-bond donors (Lipinski definition) is 3. The maximum Gasteiger partial charge on any atom is 0.328 e. The lowest BCUT2D eigenvalue weighted by Crippen LogP contribution is -2.34. The molecule has 1 aromatic carbocycles. The van der Waals surface area contributed by atoms with E-state index in [0.29, 0.717) is 6.54 Å². The van der Waals surface area contributed by atoms with E-state index in [1.165, 1.54) is 6.08 Å². The third-order valence-corrected chi connectivity index (χ3v) is 2.33. The Hall–Kier alpha value is -1.65. The molecule has 1 unspecified atom stereocenters. The predicted molar refractivity (Wildman–Crippen MR) is 65.8 cm³/mol. The van der Waals surface area contributed by atoms with E-state index in [4.69, 9.17) is 5.11 Å². The number of carboxylic acid groups (broad SMARTS) is 1. The van der Waals surface area contributed by atoms with Crippen LogP contribution in [0.5, 0.6) is 0 Å². The molecule has 0 aliphatic carbocycles. The Morgan fingerprint density at radius 1 is 1.35 bits per heavy atom. The van der Waals surface area contributed by atoms with Crippen molar-refractivity contribution in [2.75, 3.05) is 13.2 Å². The zero-order valence-corrected chi connectivity index (χ0v) is 9.54. The molecule has 0 aliphatic rings. The highest BCUT2D eigenvalue weighted by molar-refractivity contribution is 5.79. The molecule has 0 heterocycles. The molecule has 0 amide bonds. The van der Waals surface area contributed by atoms with Gasteiger partial charge in [0.15, 0.2) is 0 Å². The van der Waals surface area contributed by atoms with Crippen LogP contribution in [0.15, 0.2) is 42.5 Å². The Morgan fingerprint density at radius 2 is 2.06 bits per heavy atom. The minimum Gasteiger partial charge on any atom is -0.478 e. The van der Waals surface area contributed by atoms with Crippen molar-refractivity contribution in [1.82, 2.24) is 5.32 Å². The van der Waals surface area contributed by atoms with E-state index in [-0.39, 0.29) is 12.6 Å². The molecule has 17 heavy (non-hydrogen) atoms. The SMILES string of the molecule is O=C(O)/C=C/CNC(CO)Cc1ccccc1. The zero-order chi connectivity index (χ0) is 12.5. The smallest absolute Gasteiger partial charge is 0.328 e. The maximum absolute atomic E-state index is 10.2. The number of benzene rings is 1. The number of rotatable bonds is 7. The van der Waals surface area contributed by atoms with Crippen LogP contribution in [0.2, 0.25) is 0 Å². The molecule has 0 aromatic heterocycles. The fraction of sp³-hybridized carbons (Fsp3) is 0.308. The van der Waals surface area contributed by atoms with Crippen LogP contribution in [0.1, 0.15) is 5.56 Å². The van der Waals surface area contributed by atoms with Crippen LogP contribution in [-0.4, -0.2) is 35.4 Å². The molecule has 92 valence electrons. The number of nitrogens with one attached hydrogen (secondary N) is 1.